The van der Waals surface area contributed by atoms with Crippen molar-refractivity contribution in [1.82, 2.24) is 4.98 Å². The summed E-state index contributed by atoms with van der Waals surface area (Å²) in [5.41, 5.74) is 1.01. The lowest BCUT2D eigenvalue weighted by atomic mass is 10.1. The van der Waals surface area contributed by atoms with Crippen LogP contribution in [-0.4, -0.2) is 12.1 Å². The number of aryl methyl sites for hydroxylation is 1. The molecule has 0 saturated heterocycles. The molecule has 0 aliphatic rings. The van der Waals surface area contributed by atoms with Crippen LogP contribution in [0.3, 0.4) is 0 Å². The van der Waals surface area contributed by atoms with Crippen LogP contribution >= 0.6 is 0 Å². The number of pyridine rings is 1. The highest BCUT2D eigenvalue weighted by molar-refractivity contribution is 5.83. The molecule has 2 aromatic rings. The normalized spacial score (nSPS) is 10.5. The fraction of sp³-hybridized carbons (Fsp3) is 0.250. The zero-order valence-corrected chi connectivity index (χ0v) is 8.83. The van der Waals surface area contributed by atoms with Crippen molar-refractivity contribution in [3.63, 3.8) is 0 Å². The van der Waals surface area contributed by atoms with Gasteiger partial charge >= 0.3 is 0 Å². The highest BCUT2D eigenvalue weighted by Crippen LogP contribution is 2.24. The Hall–Kier alpha value is -1.77. The van der Waals surface area contributed by atoms with Crippen molar-refractivity contribution >= 4 is 10.8 Å². The molecule has 3 nitrogen and oxygen atoms in total. The quantitative estimate of drug-likeness (QED) is 0.812. The van der Waals surface area contributed by atoms with Gasteiger partial charge in [-0.25, -0.2) is 0 Å². The van der Waals surface area contributed by atoms with Gasteiger partial charge < -0.3 is 9.72 Å². The Kier molecular flexibility index (Phi) is 2.46. The second-order valence-electron chi connectivity index (χ2n) is 3.41. The first kappa shape index (κ1) is 9.77. The largest absolute Gasteiger partial charge is 0.496 e. The van der Waals surface area contributed by atoms with Crippen molar-refractivity contribution in [2.24, 2.45) is 0 Å². The number of hydrogen-bond donors (Lipinski definition) is 1. The lowest BCUT2D eigenvalue weighted by Crippen LogP contribution is -2.05. The first-order chi connectivity index (χ1) is 7.26. The first-order valence-corrected chi connectivity index (χ1v) is 4.94. The summed E-state index contributed by atoms with van der Waals surface area (Å²) in [6.07, 6.45) is 2.50. The first-order valence-electron chi connectivity index (χ1n) is 4.94. The summed E-state index contributed by atoms with van der Waals surface area (Å²) in [4.78, 5) is 14.2. The van der Waals surface area contributed by atoms with E-state index >= 15 is 0 Å². The molecule has 0 fully saturated rings. The molecule has 78 valence electrons. The molecule has 0 unspecified atom stereocenters. The summed E-state index contributed by atoms with van der Waals surface area (Å²) in [5, 5.41) is 1.63. The van der Waals surface area contributed by atoms with Gasteiger partial charge in [0.05, 0.1) is 7.11 Å². The van der Waals surface area contributed by atoms with Gasteiger partial charge in [-0.1, -0.05) is 6.92 Å². The van der Waals surface area contributed by atoms with E-state index in [1.807, 2.05) is 25.1 Å². The predicted octanol–water partition coefficient (Wildman–Crippen LogP) is 2.10. The highest BCUT2D eigenvalue weighted by Gasteiger charge is 2.05. The van der Waals surface area contributed by atoms with Crippen molar-refractivity contribution in [3.05, 3.63) is 40.3 Å². The molecular formula is C12H13NO2. The van der Waals surface area contributed by atoms with Gasteiger partial charge in [-0.3, -0.25) is 4.79 Å². The number of H-pyrrole nitrogens is 1. The summed E-state index contributed by atoms with van der Waals surface area (Å²) in [7, 11) is 1.65. The molecule has 0 aliphatic heterocycles. The Labute approximate surface area is 87.7 Å². The van der Waals surface area contributed by atoms with E-state index in [1.54, 1.807) is 13.3 Å². The van der Waals surface area contributed by atoms with E-state index in [4.69, 9.17) is 4.74 Å². The molecular weight excluding hydrogens is 190 g/mol. The standard InChI is InChI=1S/C12H13NO2/c1-3-8-6-10-9(7-11(8)15-2)4-5-13-12(10)14/h4-7H,3H2,1-2H3,(H,13,14). The highest BCUT2D eigenvalue weighted by atomic mass is 16.5. The van der Waals surface area contributed by atoms with Crippen molar-refractivity contribution in [2.75, 3.05) is 7.11 Å². The van der Waals surface area contributed by atoms with Gasteiger partial charge in [0, 0.05) is 11.6 Å². The molecule has 15 heavy (non-hydrogen) atoms. The smallest absolute Gasteiger partial charge is 0.255 e. The third-order valence-electron chi connectivity index (χ3n) is 2.56. The molecule has 1 heterocycles. The van der Waals surface area contributed by atoms with E-state index in [9.17, 15) is 4.79 Å². The second-order valence-corrected chi connectivity index (χ2v) is 3.41. The van der Waals surface area contributed by atoms with Gasteiger partial charge in [-0.15, -0.1) is 0 Å². The van der Waals surface area contributed by atoms with Gasteiger partial charge in [0.1, 0.15) is 5.75 Å². The summed E-state index contributed by atoms with van der Waals surface area (Å²) in [6.45, 7) is 2.04. The van der Waals surface area contributed by atoms with Crippen LogP contribution in [0.25, 0.3) is 10.8 Å². The maximum Gasteiger partial charge on any atom is 0.255 e. The molecule has 0 radical (unpaired) electrons. The minimum atomic E-state index is -0.0511. The predicted molar refractivity (Wildman–Crippen MR) is 60.5 cm³/mol. The number of hydrogen-bond acceptors (Lipinski definition) is 2. The van der Waals surface area contributed by atoms with Crippen LogP contribution in [0.2, 0.25) is 0 Å². The van der Waals surface area contributed by atoms with Crippen LogP contribution in [0.5, 0.6) is 5.75 Å². The molecule has 0 saturated carbocycles. The Balaban J connectivity index is 2.81. The Bertz CT molecular complexity index is 543. The van der Waals surface area contributed by atoms with E-state index in [2.05, 4.69) is 4.98 Å². The molecule has 0 spiro atoms. The monoisotopic (exact) mass is 203 g/mol. The maximum absolute atomic E-state index is 11.6. The number of ether oxygens (including phenoxy) is 1. The van der Waals surface area contributed by atoms with Crippen LogP contribution < -0.4 is 10.3 Å². The number of aromatic amines is 1. The van der Waals surface area contributed by atoms with Gasteiger partial charge in [0.2, 0.25) is 0 Å². The fourth-order valence-corrected chi connectivity index (χ4v) is 1.73. The minimum Gasteiger partial charge on any atom is -0.496 e. The van der Waals surface area contributed by atoms with Gasteiger partial charge in [-0.05, 0) is 35.6 Å². The average molecular weight is 203 g/mol. The lowest BCUT2D eigenvalue weighted by Gasteiger charge is -2.07. The summed E-state index contributed by atoms with van der Waals surface area (Å²) in [5.74, 6) is 0.843. The molecule has 2 rings (SSSR count). The summed E-state index contributed by atoms with van der Waals surface area (Å²) >= 11 is 0. The third-order valence-corrected chi connectivity index (χ3v) is 2.56. The Morgan fingerprint density at radius 2 is 2.20 bits per heavy atom. The minimum absolute atomic E-state index is 0.0511. The SMILES string of the molecule is CCc1cc2c(=O)[nH]ccc2cc1OC. The zero-order chi connectivity index (χ0) is 10.8. The number of nitrogens with one attached hydrogen (secondary N) is 1. The van der Waals surface area contributed by atoms with Gasteiger partial charge in [-0.2, -0.15) is 0 Å². The van der Waals surface area contributed by atoms with Crippen molar-refractivity contribution < 1.29 is 4.74 Å². The second kappa shape index (κ2) is 3.77. The molecule has 1 aromatic heterocycles. The average Bonchev–Trinajstić information content (AvgIpc) is 2.28. The maximum atomic E-state index is 11.6. The molecule has 0 atom stereocenters. The molecule has 1 aromatic carbocycles. The van der Waals surface area contributed by atoms with Crippen LogP contribution in [0, 0.1) is 0 Å². The number of benzene rings is 1. The van der Waals surface area contributed by atoms with Crippen LogP contribution in [-0.2, 0) is 6.42 Å². The van der Waals surface area contributed by atoms with Crippen LogP contribution in [0.15, 0.2) is 29.2 Å². The van der Waals surface area contributed by atoms with Gasteiger partial charge in [0.15, 0.2) is 0 Å². The van der Waals surface area contributed by atoms with Crippen molar-refractivity contribution in [2.45, 2.75) is 13.3 Å². The van der Waals surface area contributed by atoms with E-state index in [0.717, 1.165) is 28.5 Å². The summed E-state index contributed by atoms with van der Waals surface area (Å²) < 4.78 is 5.27. The molecule has 1 N–H and O–H groups in total. The van der Waals surface area contributed by atoms with Gasteiger partial charge in [0.25, 0.3) is 5.56 Å². The fourth-order valence-electron chi connectivity index (χ4n) is 1.73. The number of rotatable bonds is 2. The number of fused-ring (bicyclic) bond motifs is 1. The van der Waals surface area contributed by atoms with E-state index < -0.39 is 0 Å². The summed E-state index contributed by atoms with van der Waals surface area (Å²) in [6, 6.07) is 5.68. The lowest BCUT2D eigenvalue weighted by molar-refractivity contribution is 0.411. The van der Waals surface area contributed by atoms with Crippen LogP contribution in [0.4, 0.5) is 0 Å². The molecule has 0 amide bonds. The number of methoxy groups -OCH3 is 1. The Morgan fingerprint density at radius 1 is 1.40 bits per heavy atom. The Morgan fingerprint density at radius 3 is 2.87 bits per heavy atom. The molecule has 0 bridgehead atoms. The molecule has 3 heteroatoms. The topological polar surface area (TPSA) is 42.1 Å². The van der Waals surface area contributed by atoms with E-state index in [-0.39, 0.29) is 5.56 Å². The van der Waals surface area contributed by atoms with E-state index in [0.29, 0.717) is 0 Å². The van der Waals surface area contributed by atoms with Crippen molar-refractivity contribution in [1.29, 1.82) is 0 Å². The third kappa shape index (κ3) is 1.61. The van der Waals surface area contributed by atoms with Crippen LogP contribution in [0.1, 0.15) is 12.5 Å². The number of aromatic nitrogens is 1. The molecule has 0 aliphatic carbocycles. The van der Waals surface area contributed by atoms with E-state index in [1.165, 1.54) is 0 Å². The zero-order valence-electron chi connectivity index (χ0n) is 8.83. The van der Waals surface area contributed by atoms with Crippen molar-refractivity contribution in [3.8, 4) is 5.75 Å².